The Bertz CT molecular complexity index is 670. The second kappa shape index (κ2) is 5.60. The molecule has 1 heterocycles. The molecule has 0 fully saturated rings. The van der Waals surface area contributed by atoms with Gasteiger partial charge in [-0.1, -0.05) is 30.3 Å². The highest BCUT2D eigenvalue weighted by Gasteiger charge is 2.24. The number of benzene rings is 1. The van der Waals surface area contributed by atoms with Crippen molar-refractivity contribution in [3.05, 3.63) is 47.0 Å². The predicted molar refractivity (Wildman–Crippen MR) is 67.5 cm³/mol. The number of rotatable bonds is 4. The molecule has 0 radical (unpaired) electrons. The molecule has 4 nitrogen and oxygen atoms in total. The predicted octanol–water partition coefficient (Wildman–Crippen LogP) is 1.88. The van der Waals surface area contributed by atoms with E-state index in [0.717, 1.165) is 6.21 Å². The summed E-state index contributed by atoms with van der Waals surface area (Å²) in [7, 11) is 0. The van der Waals surface area contributed by atoms with Gasteiger partial charge in [0, 0.05) is 6.21 Å². The third-order valence-corrected chi connectivity index (χ3v) is 2.48. The van der Waals surface area contributed by atoms with Crippen LogP contribution in [0.5, 0.6) is 0 Å². The zero-order chi connectivity index (χ0) is 15.6. The van der Waals surface area contributed by atoms with Gasteiger partial charge in [0.05, 0.1) is 21.1 Å². The van der Waals surface area contributed by atoms with Gasteiger partial charge in [0.2, 0.25) is 0 Å². The van der Waals surface area contributed by atoms with Crippen LogP contribution in [0.25, 0.3) is 0 Å². The van der Waals surface area contributed by atoms with Gasteiger partial charge in [-0.2, -0.15) is 0 Å². The van der Waals surface area contributed by atoms with Crippen LogP contribution in [0.15, 0.2) is 46.4 Å². The Balaban J connectivity index is 2.27. The number of alkyl halides is 1. The lowest BCUT2D eigenvalue weighted by Gasteiger charge is -2.05. The van der Waals surface area contributed by atoms with Crippen molar-refractivity contribution in [3.63, 3.8) is 0 Å². The Labute approximate surface area is 113 Å². The fourth-order valence-electron chi connectivity index (χ4n) is 1.31. The van der Waals surface area contributed by atoms with Crippen LogP contribution in [0.3, 0.4) is 0 Å². The molecule has 1 aromatic carbocycles. The van der Waals surface area contributed by atoms with Gasteiger partial charge >= 0.3 is 5.97 Å². The highest BCUT2D eigenvalue weighted by molar-refractivity contribution is 6.30. The van der Waals surface area contributed by atoms with Crippen molar-refractivity contribution < 1.29 is 18.4 Å². The lowest BCUT2D eigenvalue weighted by atomic mass is 10.2. The first-order chi connectivity index (χ1) is 9.86. The van der Waals surface area contributed by atoms with E-state index in [1.54, 1.807) is 6.07 Å². The van der Waals surface area contributed by atoms with Crippen molar-refractivity contribution in [1.29, 1.82) is 0 Å². The third-order valence-electron chi connectivity index (χ3n) is 2.21. The molecule has 0 unspecified atom stereocenters. The van der Waals surface area contributed by atoms with E-state index < -0.39 is 18.4 Å². The molecule has 1 amide bonds. The summed E-state index contributed by atoms with van der Waals surface area (Å²) in [6.07, 6.45) is 1.01. The fourth-order valence-corrected chi connectivity index (χ4v) is 1.57. The van der Waals surface area contributed by atoms with E-state index in [-0.39, 0.29) is 28.6 Å². The monoisotopic (exact) mass is 266 g/mol. The second-order valence-corrected chi connectivity index (χ2v) is 3.62. The molecular formula is C13H10ClNO3. The molecular weight excluding hydrogens is 254 g/mol. The largest absolute Gasteiger partial charge is 0.457 e. The van der Waals surface area contributed by atoms with E-state index in [4.69, 9.17) is 20.5 Å². The van der Waals surface area contributed by atoms with Crippen molar-refractivity contribution >= 4 is 29.7 Å². The van der Waals surface area contributed by atoms with Crippen LogP contribution < -0.4 is 0 Å². The normalized spacial score (nSPS) is 17.4. The summed E-state index contributed by atoms with van der Waals surface area (Å²) in [5.41, 5.74) is -0.286. The van der Waals surface area contributed by atoms with Crippen LogP contribution in [-0.4, -0.2) is 24.0 Å². The summed E-state index contributed by atoms with van der Waals surface area (Å²) in [6.45, 7) is -2.50. The van der Waals surface area contributed by atoms with Crippen LogP contribution in [0, 0.1) is 0 Å². The minimum atomic E-state index is -2.50. The Morgan fingerprint density at radius 2 is 2.33 bits per heavy atom. The summed E-state index contributed by atoms with van der Waals surface area (Å²) in [4.78, 5) is 26.7. The standard InChI is InChI=1S/C13H10ClNO3/c14-6-10-11(7-15-12(10)16)13(17)18-8-9-4-2-1-3-5-9/h1-5,7H,6,8H2/i4D,8D2. The molecule has 5 heteroatoms. The fraction of sp³-hybridized carbons (Fsp3) is 0.154. The first-order valence-electron chi connectivity index (χ1n) is 6.54. The van der Waals surface area contributed by atoms with Gasteiger partial charge in [0.25, 0.3) is 5.91 Å². The highest BCUT2D eigenvalue weighted by Crippen LogP contribution is 2.15. The maximum atomic E-state index is 12.0. The van der Waals surface area contributed by atoms with Crippen LogP contribution >= 0.6 is 11.6 Å². The summed E-state index contributed by atoms with van der Waals surface area (Å²) in [5, 5.41) is 0. The molecule has 2 rings (SSSR count). The van der Waals surface area contributed by atoms with Gasteiger partial charge in [0.1, 0.15) is 6.56 Å². The lowest BCUT2D eigenvalue weighted by molar-refractivity contribution is -0.139. The Kier molecular flexibility index (Phi) is 2.82. The van der Waals surface area contributed by atoms with Crippen molar-refractivity contribution in [2.45, 2.75) is 6.56 Å². The minimum absolute atomic E-state index is 0.0309. The molecule has 1 aromatic rings. The van der Waals surface area contributed by atoms with Crippen LogP contribution in [0.4, 0.5) is 0 Å². The van der Waals surface area contributed by atoms with Gasteiger partial charge in [-0.25, -0.2) is 9.79 Å². The number of hydrogen-bond acceptors (Lipinski definition) is 3. The van der Waals surface area contributed by atoms with Gasteiger partial charge in [-0.05, 0) is 5.56 Å². The maximum absolute atomic E-state index is 12.0. The Morgan fingerprint density at radius 3 is 3.06 bits per heavy atom. The number of ether oxygens (including phenoxy) is 1. The molecule has 0 spiro atoms. The van der Waals surface area contributed by atoms with Crippen molar-refractivity contribution in [2.75, 3.05) is 5.88 Å². The van der Waals surface area contributed by atoms with E-state index in [1.165, 1.54) is 18.2 Å². The third kappa shape index (κ3) is 2.65. The van der Waals surface area contributed by atoms with Crippen LogP contribution in [-0.2, 0) is 20.9 Å². The Morgan fingerprint density at radius 1 is 1.50 bits per heavy atom. The zero-order valence-electron chi connectivity index (χ0n) is 12.1. The number of carbonyl (C=O) groups excluding carboxylic acids is 2. The van der Waals surface area contributed by atoms with Gasteiger partial charge < -0.3 is 4.74 Å². The van der Waals surface area contributed by atoms with E-state index in [1.807, 2.05) is 0 Å². The zero-order valence-corrected chi connectivity index (χ0v) is 9.90. The van der Waals surface area contributed by atoms with E-state index >= 15 is 0 Å². The van der Waals surface area contributed by atoms with E-state index in [9.17, 15) is 9.59 Å². The number of esters is 1. The second-order valence-electron chi connectivity index (χ2n) is 3.36. The molecule has 0 saturated heterocycles. The first-order valence-corrected chi connectivity index (χ1v) is 5.57. The SMILES string of the molecule is [2H]c1ccccc1C([2H])([2H])OC(=O)C1=C(CCl)C(=O)N=C1. The average molecular weight is 267 g/mol. The van der Waals surface area contributed by atoms with Crippen molar-refractivity contribution in [2.24, 2.45) is 4.99 Å². The number of nitrogens with zero attached hydrogens (tertiary/aromatic N) is 1. The number of hydrogen-bond donors (Lipinski definition) is 0. The first kappa shape index (κ1) is 9.05. The molecule has 1 aliphatic rings. The van der Waals surface area contributed by atoms with Crippen molar-refractivity contribution in [3.8, 4) is 0 Å². The highest BCUT2D eigenvalue weighted by atomic mass is 35.5. The molecule has 0 aliphatic carbocycles. The van der Waals surface area contributed by atoms with Gasteiger partial charge in [-0.3, -0.25) is 4.79 Å². The molecule has 18 heavy (non-hydrogen) atoms. The molecule has 1 aliphatic heterocycles. The molecule has 92 valence electrons. The van der Waals surface area contributed by atoms with Gasteiger partial charge in [0.15, 0.2) is 0 Å². The minimum Gasteiger partial charge on any atom is -0.457 e. The summed E-state index contributed by atoms with van der Waals surface area (Å²) in [6, 6.07) is 5.73. The molecule has 0 bridgehead atoms. The number of halogens is 1. The van der Waals surface area contributed by atoms with E-state index in [2.05, 4.69) is 4.99 Å². The maximum Gasteiger partial charge on any atom is 0.340 e. The summed E-state index contributed by atoms with van der Waals surface area (Å²) < 4.78 is 28.0. The summed E-state index contributed by atoms with van der Waals surface area (Å²) in [5.74, 6) is -1.91. The van der Waals surface area contributed by atoms with Crippen LogP contribution in [0.2, 0.25) is 0 Å². The molecule has 0 aromatic heterocycles. The molecule has 0 saturated carbocycles. The van der Waals surface area contributed by atoms with Gasteiger partial charge in [-0.15, -0.1) is 11.6 Å². The summed E-state index contributed by atoms with van der Waals surface area (Å²) >= 11 is 5.56. The topological polar surface area (TPSA) is 55.7 Å². The van der Waals surface area contributed by atoms with Crippen LogP contribution in [0.1, 0.15) is 9.68 Å². The van der Waals surface area contributed by atoms with E-state index in [0.29, 0.717) is 0 Å². The number of carbonyl (C=O) groups is 2. The number of aliphatic imine (C=N–C) groups is 1. The quantitative estimate of drug-likeness (QED) is 0.618. The molecule has 0 atom stereocenters. The Hall–Kier alpha value is -1.94. The van der Waals surface area contributed by atoms with Crippen molar-refractivity contribution in [1.82, 2.24) is 0 Å². The lowest BCUT2D eigenvalue weighted by Crippen LogP contribution is -2.11. The average Bonchev–Trinajstić information content (AvgIpc) is 2.79. The number of amides is 1. The smallest absolute Gasteiger partial charge is 0.340 e. The molecule has 0 N–H and O–H groups in total.